The Bertz CT molecular complexity index is 976. The van der Waals surface area contributed by atoms with Gasteiger partial charge in [0, 0.05) is 39.3 Å². The number of hydrogen-bond donors (Lipinski definition) is 0. The third kappa shape index (κ3) is 5.17. The summed E-state index contributed by atoms with van der Waals surface area (Å²) in [4.78, 5) is 19.5. The molecule has 8 nitrogen and oxygen atoms in total. The van der Waals surface area contributed by atoms with Crippen LogP contribution in [-0.4, -0.2) is 85.9 Å². The first-order valence-electron chi connectivity index (χ1n) is 11.7. The molecule has 0 bridgehead atoms. The normalized spacial score (nSPS) is 20.0. The van der Waals surface area contributed by atoms with Gasteiger partial charge in [-0.1, -0.05) is 18.2 Å². The lowest BCUT2D eigenvalue weighted by atomic mass is 10.1. The van der Waals surface area contributed by atoms with Crippen molar-refractivity contribution in [2.45, 2.75) is 19.6 Å². The molecule has 3 aliphatic heterocycles. The van der Waals surface area contributed by atoms with E-state index in [4.69, 9.17) is 18.9 Å². The van der Waals surface area contributed by atoms with E-state index in [-0.39, 0.29) is 12.0 Å². The minimum absolute atomic E-state index is 0.143. The molecule has 1 amide bonds. The molecular weight excluding hydrogens is 422 g/mol. The van der Waals surface area contributed by atoms with Crippen molar-refractivity contribution in [3.05, 3.63) is 48.0 Å². The molecular formula is C25H31N3O5. The van der Waals surface area contributed by atoms with Gasteiger partial charge in [0.15, 0.2) is 29.1 Å². The first-order chi connectivity index (χ1) is 16.2. The zero-order chi connectivity index (χ0) is 22.6. The third-order valence-electron chi connectivity index (χ3n) is 6.39. The van der Waals surface area contributed by atoms with Crippen LogP contribution in [0.2, 0.25) is 0 Å². The number of carbonyl (C=O) groups is 1. The molecule has 176 valence electrons. The number of para-hydroxylation sites is 2. The maximum atomic E-state index is 13.0. The Morgan fingerprint density at radius 3 is 2.48 bits per heavy atom. The number of amides is 1. The Balaban J connectivity index is 1.08. The molecule has 2 aromatic carbocycles. The van der Waals surface area contributed by atoms with Gasteiger partial charge < -0.3 is 23.8 Å². The molecule has 1 atom stereocenters. The zero-order valence-corrected chi connectivity index (χ0v) is 19.1. The highest BCUT2D eigenvalue weighted by Gasteiger charge is 2.27. The third-order valence-corrected chi connectivity index (χ3v) is 6.39. The SMILES string of the molecule is CCN(CC1COc2ccccc2O1)C(=O)CN1CCN(Cc2ccc3c(c2)OCO3)CC1. The topological polar surface area (TPSA) is 63.7 Å². The van der Waals surface area contributed by atoms with E-state index in [9.17, 15) is 4.79 Å². The highest BCUT2D eigenvalue weighted by molar-refractivity contribution is 5.78. The summed E-state index contributed by atoms with van der Waals surface area (Å²) in [6, 6.07) is 13.8. The average molecular weight is 454 g/mol. The van der Waals surface area contributed by atoms with Gasteiger partial charge in [-0.05, 0) is 36.8 Å². The lowest BCUT2D eigenvalue weighted by Gasteiger charge is -2.36. The number of piperazine rings is 1. The lowest BCUT2D eigenvalue weighted by molar-refractivity contribution is -0.134. The van der Waals surface area contributed by atoms with Crippen LogP contribution in [0.4, 0.5) is 0 Å². The van der Waals surface area contributed by atoms with Crippen LogP contribution >= 0.6 is 0 Å². The van der Waals surface area contributed by atoms with Crippen LogP contribution in [0.3, 0.4) is 0 Å². The molecule has 0 radical (unpaired) electrons. The predicted molar refractivity (Wildman–Crippen MR) is 123 cm³/mol. The number of ether oxygens (including phenoxy) is 4. The van der Waals surface area contributed by atoms with E-state index in [1.165, 1.54) is 5.56 Å². The average Bonchev–Trinajstić information content (AvgIpc) is 3.31. The van der Waals surface area contributed by atoms with E-state index < -0.39 is 0 Å². The number of fused-ring (bicyclic) bond motifs is 2. The Morgan fingerprint density at radius 2 is 1.67 bits per heavy atom. The molecule has 1 saturated heterocycles. The molecule has 3 aliphatic rings. The fourth-order valence-corrected chi connectivity index (χ4v) is 4.50. The quantitative estimate of drug-likeness (QED) is 0.637. The molecule has 3 heterocycles. The number of nitrogens with zero attached hydrogens (tertiary/aromatic N) is 3. The van der Waals surface area contributed by atoms with Crippen molar-refractivity contribution in [2.75, 3.05) is 59.2 Å². The van der Waals surface area contributed by atoms with Gasteiger partial charge in [0.25, 0.3) is 0 Å². The highest BCUT2D eigenvalue weighted by Crippen LogP contribution is 2.33. The Kier molecular flexibility index (Phi) is 6.55. The van der Waals surface area contributed by atoms with Crippen LogP contribution in [0.25, 0.3) is 0 Å². The number of rotatable bonds is 7. The second-order valence-electron chi connectivity index (χ2n) is 8.67. The fraction of sp³-hybridized carbons (Fsp3) is 0.480. The number of hydrogen-bond acceptors (Lipinski definition) is 7. The molecule has 0 aliphatic carbocycles. The van der Waals surface area contributed by atoms with Crippen molar-refractivity contribution in [3.8, 4) is 23.0 Å². The summed E-state index contributed by atoms with van der Waals surface area (Å²) in [5.41, 5.74) is 1.22. The summed E-state index contributed by atoms with van der Waals surface area (Å²) in [5, 5.41) is 0. The monoisotopic (exact) mass is 453 g/mol. The van der Waals surface area contributed by atoms with Gasteiger partial charge in [0.1, 0.15) is 6.61 Å². The predicted octanol–water partition coefficient (Wildman–Crippen LogP) is 2.22. The van der Waals surface area contributed by atoms with Gasteiger partial charge in [-0.2, -0.15) is 0 Å². The molecule has 0 N–H and O–H groups in total. The van der Waals surface area contributed by atoms with E-state index in [1.54, 1.807) is 0 Å². The van der Waals surface area contributed by atoms with Crippen molar-refractivity contribution >= 4 is 5.91 Å². The number of carbonyl (C=O) groups excluding carboxylic acids is 1. The molecule has 1 fully saturated rings. The van der Waals surface area contributed by atoms with Crippen LogP contribution < -0.4 is 18.9 Å². The first-order valence-corrected chi connectivity index (χ1v) is 11.7. The summed E-state index contributed by atoms with van der Waals surface area (Å²) in [6.07, 6.45) is -0.151. The summed E-state index contributed by atoms with van der Waals surface area (Å²) in [5.74, 6) is 3.30. The lowest BCUT2D eigenvalue weighted by Crippen LogP contribution is -2.51. The maximum Gasteiger partial charge on any atom is 0.236 e. The fourth-order valence-electron chi connectivity index (χ4n) is 4.50. The van der Waals surface area contributed by atoms with E-state index in [1.807, 2.05) is 42.2 Å². The van der Waals surface area contributed by atoms with Gasteiger partial charge in [0.2, 0.25) is 12.7 Å². The van der Waals surface area contributed by atoms with Crippen molar-refractivity contribution in [1.29, 1.82) is 0 Å². The van der Waals surface area contributed by atoms with Gasteiger partial charge in [0.05, 0.1) is 13.1 Å². The zero-order valence-electron chi connectivity index (χ0n) is 19.1. The van der Waals surface area contributed by atoms with E-state index >= 15 is 0 Å². The Hall–Kier alpha value is -2.97. The van der Waals surface area contributed by atoms with Crippen molar-refractivity contribution in [1.82, 2.24) is 14.7 Å². The first kappa shape index (κ1) is 21.9. The number of likely N-dealkylation sites (N-methyl/N-ethyl adjacent to an activating group) is 1. The smallest absolute Gasteiger partial charge is 0.236 e. The Labute approximate surface area is 194 Å². The molecule has 8 heteroatoms. The molecule has 0 aromatic heterocycles. The van der Waals surface area contributed by atoms with Crippen LogP contribution in [0, 0.1) is 0 Å². The second kappa shape index (κ2) is 9.89. The largest absolute Gasteiger partial charge is 0.486 e. The molecule has 1 unspecified atom stereocenters. The highest BCUT2D eigenvalue weighted by atomic mass is 16.7. The molecule has 0 saturated carbocycles. The summed E-state index contributed by atoms with van der Waals surface area (Å²) in [6.45, 7) is 8.91. The molecule has 5 rings (SSSR count). The van der Waals surface area contributed by atoms with Crippen molar-refractivity contribution < 1.29 is 23.7 Å². The van der Waals surface area contributed by atoms with Gasteiger partial charge in [-0.3, -0.25) is 14.6 Å². The molecule has 2 aromatic rings. The summed E-state index contributed by atoms with van der Waals surface area (Å²) < 4.78 is 22.7. The minimum atomic E-state index is -0.151. The second-order valence-corrected chi connectivity index (χ2v) is 8.67. The van der Waals surface area contributed by atoms with Gasteiger partial charge >= 0.3 is 0 Å². The van der Waals surface area contributed by atoms with Crippen molar-refractivity contribution in [3.63, 3.8) is 0 Å². The van der Waals surface area contributed by atoms with Crippen LogP contribution in [0.1, 0.15) is 12.5 Å². The molecule has 33 heavy (non-hydrogen) atoms. The van der Waals surface area contributed by atoms with E-state index in [2.05, 4.69) is 21.9 Å². The standard InChI is InChI=1S/C25H31N3O5/c1-2-28(15-20-17-30-21-5-3-4-6-23(21)33-20)25(29)16-27-11-9-26(10-12-27)14-19-7-8-22-24(13-19)32-18-31-22/h3-8,13,20H,2,9-12,14-18H2,1H3. The Morgan fingerprint density at radius 1 is 0.939 bits per heavy atom. The van der Waals surface area contributed by atoms with E-state index in [0.29, 0.717) is 33.0 Å². The number of benzene rings is 2. The molecule has 0 spiro atoms. The summed E-state index contributed by atoms with van der Waals surface area (Å²) >= 11 is 0. The van der Waals surface area contributed by atoms with Crippen LogP contribution in [0.15, 0.2) is 42.5 Å². The van der Waals surface area contributed by atoms with Crippen LogP contribution in [-0.2, 0) is 11.3 Å². The minimum Gasteiger partial charge on any atom is -0.486 e. The maximum absolute atomic E-state index is 13.0. The van der Waals surface area contributed by atoms with Crippen LogP contribution in [0.5, 0.6) is 23.0 Å². The van der Waals surface area contributed by atoms with Crippen molar-refractivity contribution in [2.24, 2.45) is 0 Å². The van der Waals surface area contributed by atoms with E-state index in [0.717, 1.165) is 55.7 Å². The summed E-state index contributed by atoms with van der Waals surface area (Å²) in [7, 11) is 0. The van der Waals surface area contributed by atoms with Gasteiger partial charge in [-0.25, -0.2) is 0 Å². The van der Waals surface area contributed by atoms with Gasteiger partial charge in [-0.15, -0.1) is 0 Å².